The lowest BCUT2D eigenvalue weighted by molar-refractivity contribution is -0.136. The van der Waals surface area contributed by atoms with Crippen LogP contribution in [0.1, 0.15) is 51.9 Å². The van der Waals surface area contributed by atoms with E-state index in [1.54, 1.807) is 0 Å². The fourth-order valence-corrected chi connectivity index (χ4v) is 3.82. The molecule has 5 nitrogen and oxygen atoms in total. The van der Waals surface area contributed by atoms with Gasteiger partial charge < -0.3 is 10.1 Å². The van der Waals surface area contributed by atoms with Crippen LogP contribution in [-0.4, -0.2) is 41.6 Å². The number of carbonyl (C=O) groups excluding carboxylic acids is 2. The Hall–Kier alpha value is -1.10. The SMILES string of the molecule is C[C@H]1CCCC[C@]12NC(=O)N(C[C@@H]1CCCCO1)C2=O. The summed E-state index contributed by atoms with van der Waals surface area (Å²) in [4.78, 5) is 26.4. The van der Waals surface area contributed by atoms with Crippen molar-refractivity contribution in [3.05, 3.63) is 0 Å². The van der Waals surface area contributed by atoms with Crippen molar-refractivity contribution in [3.8, 4) is 0 Å². The normalized spacial score (nSPS) is 38.4. The molecule has 1 aliphatic carbocycles. The molecule has 3 rings (SSSR count). The van der Waals surface area contributed by atoms with E-state index in [1.165, 1.54) is 4.90 Å². The zero-order chi connectivity index (χ0) is 14.2. The van der Waals surface area contributed by atoms with Crippen molar-refractivity contribution in [1.29, 1.82) is 0 Å². The van der Waals surface area contributed by atoms with Crippen molar-refractivity contribution in [2.45, 2.75) is 63.5 Å². The number of nitrogens with one attached hydrogen (secondary N) is 1. The minimum atomic E-state index is -0.635. The first kappa shape index (κ1) is 13.9. The standard InChI is InChI=1S/C15H24N2O3/c1-11-6-2-4-8-15(11)13(18)17(14(19)16-15)10-12-7-3-5-9-20-12/h11-12H,2-10H2,1H3,(H,16,19)/t11-,12-,15-/m0/s1. The molecule has 2 heterocycles. The van der Waals surface area contributed by atoms with Crippen molar-refractivity contribution in [2.75, 3.05) is 13.2 Å². The van der Waals surface area contributed by atoms with E-state index in [0.29, 0.717) is 6.54 Å². The second-order valence-electron chi connectivity index (χ2n) is 6.45. The summed E-state index contributed by atoms with van der Waals surface area (Å²) in [6, 6.07) is -0.224. The highest BCUT2D eigenvalue weighted by Crippen LogP contribution is 2.38. The molecule has 1 N–H and O–H groups in total. The second kappa shape index (κ2) is 5.35. The summed E-state index contributed by atoms with van der Waals surface area (Å²) < 4.78 is 5.67. The molecule has 3 fully saturated rings. The van der Waals surface area contributed by atoms with Gasteiger partial charge in [-0.05, 0) is 38.0 Å². The summed E-state index contributed by atoms with van der Waals surface area (Å²) in [6.45, 7) is 3.24. The number of amides is 3. The third-order valence-corrected chi connectivity index (χ3v) is 5.16. The number of nitrogens with zero attached hydrogens (tertiary/aromatic N) is 1. The molecule has 0 aromatic heterocycles. The van der Waals surface area contributed by atoms with Crippen LogP contribution in [-0.2, 0) is 9.53 Å². The number of carbonyl (C=O) groups is 2. The maximum absolute atomic E-state index is 12.8. The van der Waals surface area contributed by atoms with E-state index < -0.39 is 5.54 Å². The molecule has 20 heavy (non-hydrogen) atoms. The smallest absolute Gasteiger partial charge is 0.325 e. The molecular weight excluding hydrogens is 256 g/mol. The molecule has 0 unspecified atom stereocenters. The van der Waals surface area contributed by atoms with Gasteiger partial charge in [-0.15, -0.1) is 0 Å². The van der Waals surface area contributed by atoms with E-state index >= 15 is 0 Å². The lowest BCUT2D eigenvalue weighted by atomic mass is 9.73. The van der Waals surface area contributed by atoms with Crippen LogP contribution < -0.4 is 5.32 Å². The largest absolute Gasteiger partial charge is 0.376 e. The first-order valence-corrected chi connectivity index (χ1v) is 7.89. The highest BCUT2D eigenvalue weighted by Gasteiger charge is 2.55. The van der Waals surface area contributed by atoms with Crippen LogP contribution in [0.25, 0.3) is 0 Å². The molecule has 0 aromatic carbocycles. The predicted octanol–water partition coefficient (Wildman–Crippen LogP) is 2.06. The van der Waals surface area contributed by atoms with E-state index in [4.69, 9.17) is 4.74 Å². The number of urea groups is 1. The van der Waals surface area contributed by atoms with Crippen LogP contribution in [0.2, 0.25) is 0 Å². The van der Waals surface area contributed by atoms with E-state index in [9.17, 15) is 9.59 Å². The summed E-state index contributed by atoms with van der Waals surface area (Å²) in [6.07, 6.45) is 7.13. The number of imide groups is 1. The first-order chi connectivity index (χ1) is 9.63. The minimum absolute atomic E-state index is 0.0208. The molecule has 0 radical (unpaired) electrons. The first-order valence-electron chi connectivity index (χ1n) is 7.89. The van der Waals surface area contributed by atoms with Crippen molar-refractivity contribution in [2.24, 2.45) is 5.92 Å². The maximum Gasteiger partial charge on any atom is 0.325 e. The number of rotatable bonds is 2. The molecule has 5 heteroatoms. The van der Waals surface area contributed by atoms with Gasteiger partial charge in [0.1, 0.15) is 5.54 Å². The Morgan fingerprint density at radius 1 is 1.25 bits per heavy atom. The van der Waals surface area contributed by atoms with Gasteiger partial charge in [0.15, 0.2) is 0 Å². The molecule has 3 aliphatic rings. The topological polar surface area (TPSA) is 58.6 Å². The third-order valence-electron chi connectivity index (χ3n) is 5.16. The van der Waals surface area contributed by atoms with Gasteiger partial charge in [-0.3, -0.25) is 9.69 Å². The zero-order valence-electron chi connectivity index (χ0n) is 12.2. The van der Waals surface area contributed by atoms with Crippen LogP contribution in [0.4, 0.5) is 4.79 Å². The van der Waals surface area contributed by atoms with Gasteiger partial charge in [-0.25, -0.2) is 4.79 Å². The Bertz CT molecular complexity index is 406. The molecule has 1 saturated carbocycles. The van der Waals surface area contributed by atoms with E-state index in [2.05, 4.69) is 12.2 Å². The molecule has 2 saturated heterocycles. The molecular formula is C15H24N2O3. The van der Waals surface area contributed by atoms with Crippen LogP contribution in [0.15, 0.2) is 0 Å². The predicted molar refractivity (Wildman–Crippen MR) is 74.2 cm³/mol. The van der Waals surface area contributed by atoms with Crippen LogP contribution in [0, 0.1) is 5.92 Å². The van der Waals surface area contributed by atoms with Crippen molar-refractivity contribution < 1.29 is 14.3 Å². The molecule has 1 spiro atoms. The van der Waals surface area contributed by atoms with Gasteiger partial charge in [0, 0.05) is 6.61 Å². The van der Waals surface area contributed by atoms with Crippen molar-refractivity contribution in [1.82, 2.24) is 10.2 Å². The Balaban J connectivity index is 1.72. The number of hydrogen-bond donors (Lipinski definition) is 1. The van der Waals surface area contributed by atoms with Gasteiger partial charge in [-0.1, -0.05) is 19.8 Å². The van der Waals surface area contributed by atoms with Crippen LogP contribution >= 0.6 is 0 Å². The van der Waals surface area contributed by atoms with Gasteiger partial charge in [-0.2, -0.15) is 0 Å². The quantitative estimate of drug-likeness (QED) is 0.788. The molecule has 3 amide bonds. The van der Waals surface area contributed by atoms with E-state index in [1.807, 2.05) is 0 Å². The molecule has 0 bridgehead atoms. The summed E-state index contributed by atoms with van der Waals surface area (Å²) in [5.41, 5.74) is -0.635. The Morgan fingerprint density at radius 3 is 2.75 bits per heavy atom. The Morgan fingerprint density at radius 2 is 2.05 bits per heavy atom. The number of ether oxygens (including phenoxy) is 1. The third kappa shape index (κ3) is 2.22. The van der Waals surface area contributed by atoms with Crippen LogP contribution in [0.5, 0.6) is 0 Å². The van der Waals surface area contributed by atoms with Gasteiger partial charge in [0.25, 0.3) is 5.91 Å². The Labute approximate surface area is 120 Å². The number of hydrogen-bond acceptors (Lipinski definition) is 3. The summed E-state index contributed by atoms with van der Waals surface area (Å²) >= 11 is 0. The highest BCUT2D eigenvalue weighted by molar-refractivity contribution is 6.07. The summed E-state index contributed by atoms with van der Waals surface area (Å²) in [7, 11) is 0. The fraction of sp³-hybridized carbons (Fsp3) is 0.867. The maximum atomic E-state index is 12.8. The van der Waals surface area contributed by atoms with E-state index in [-0.39, 0.29) is 24.0 Å². The lowest BCUT2D eigenvalue weighted by Crippen LogP contribution is -2.54. The molecule has 112 valence electrons. The van der Waals surface area contributed by atoms with Crippen molar-refractivity contribution in [3.63, 3.8) is 0 Å². The molecule has 3 atom stereocenters. The van der Waals surface area contributed by atoms with Crippen LogP contribution in [0.3, 0.4) is 0 Å². The lowest BCUT2D eigenvalue weighted by Gasteiger charge is -2.37. The summed E-state index contributed by atoms with van der Waals surface area (Å²) in [5.74, 6) is 0.203. The Kier molecular flexibility index (Phi) is 3.71. The highest BCUT2D eigenvalue weighted by atomic mass is 16.5. The van der Waals surface area contributed by atoms with Crippen molar-refractivity contribution >= 4 is 11.9 Å². The van der Waals surface area contributed by atoms with Gasteiger partial charge in [0.2, 0.25) is 0 Å². The van der Waals surface area contributed by atoms with E-state index in [0.717, 1.165) is 51.6 Å². The second-order valence-corrected chi connectivity index (χ2v) is 6.45. The molecule has 0 aromatic rings. The monoisotopic (exact) mass is 280 g/mol. The summed E-state index contributed by atoms with van der Waals surface area (Å²) in [5, 5.41) is 2.99. The van der Waals surface area contributed by atoms with Gasteiger partial charge in [0.05, 0.1) is 12.6 Å². The fourth-order valence-electron chi connectivity index (χ4n) is 3.82. The molecule has 2 aliphatic heterocycles. The van der Waals surface area contributed by atoms with Gasteiger partial charge >= 0.3 is 6.03 Å². The minimum Gasteiger partial charge on any atom is -0.376 e. The average molecular weight is 280 g/mol. The zero-order valence-corrected chi connectivity index (χ0v) is 12.2. The average Bonchev–Trinajstić information content (AvgIpc) is 2.69.